The van der Waals surface area contributed by atoms with Crippen molar-refractivity contribution in [2.24, 2.45) is 11.7 Å². The minimum Gasteiger partial charge on any atom is -0.391 e. The van der Waals surface area contributed by atoms with Crippen molar-refractivity contribution < 1.29 is 19.1 Å². The Bertz CT molecular complexity index is 502. The van der Waals surface area contributed by atoms with Crippen LogP contribution < -0.4 is 11.1 Å². The zero-order valence-electron chi connectivity index (χ0n) is 12.2. The lowest BCUT2D eigenvalue weighted by Crippen LogP contribution is -2.41. The summed E-state index contributed by atoms with van der Waals surface area (Å²) in [6.45, 7) is 3.31. The number of nitrogens with two attached hydrogens (primary N) is 1. The van der Waals surface area contributed by atoms with Crippen molar-refractivity contribution in [2.45, 2.75) is 26.3 Å². The second kappa shape index (κ2) is 8.16. The quantitative estimate of drug-likeness (QED) is 0.598. The van der Waals surface area contributed by atoms with Crippen molar-refractivity contribution in [1.29, 1.82) is 0 Å². The van der Waals surface area contributed by atoms with E-state index in [-0.39, 0.29) is 12.5 Å². The Morgan fingerprint density at radius 2 is 1.86 bits per heavy atom. The van der Waals surface area contributed by atoms with Gasteiger partial charge < -0.3 is 15.8 Å². The average molecular weight is 292 g/mol. The SMILES string of the molecule is CC[C@H](C)[C@H](N)C(=O)OC(=O)CNC(=O)c1ccccc1. The van der Waals surface area contributed by atoms with E-state index in [2.05, 4.69) is 10.1 Å². The zero-order valence-corrected chi connectivity index (χ0v) is 12.2. The lowest BCUT2D eigenvalue weighted by Gasteiger charge is -2.15. The molecular weight excluding hydrogens is 272 g/mol. The van der Waals surface area contributed by atoms with Crippen LogP contribution in [0.5, 0.6) is 0 Å². The molecule has 0 aliphatic heterocycles. The van der Waals surface area contributed by atoms with Crippen LogP contribution in [0.25, 0.3) is 0 Å². The molecule has 0 aromatic heterocycles. The molecule has 3 N–H and O–H groups in total. The first-order valence-corrected chi connectivity index (χ1v) is 6.79. The molecule has 21 heavy (non-hydrogen) atoms. The van der Waals surface area contributed by atoms with Crippen molar-refractivity contribution in [3.63, 3.8) is 0 Å². The summed E-state index contributed by atoms with van der Waals surface area (Å²) in [7, 11) is 0. The maximum atomic E-state index is 11.7. The molecule has 1 aromatic carbocycles. The number of ether oxygens (including phenoxy) is 1. The van der Waals surface area contributed by atoms with Gasteiger partial charge in [-0.15, -0.1) is 0 Å². The third-order valence-electron chi connectivity index (χ3n) is 3.17. The topological polar surface area (TPSA) is 98.5 Å². The smallest absolute Gasteiger partial charge is 0.333 e. The summed E-state index contributed by atoms with van der Waals surface area (Å²) >= 11 is 0. The van der Waals surface area contributed by atoms with E-state index in [9.17, 15) is 14.4 Å². The summed E-state index contributed by atoms with van der Waals surface area (Å²) in [5.41, 5.74) is 6.08. The third-order valence-corrected chi connectivity index (χ3v) is 3.17. The molecule has 0 saturated heterocycles. The number of carbonyl (C=O) groups is 3. The maximum Gasteiger partial charge on any atom is 0.333 e. The number of carbonyl (C=O) groups excluding carboxylic acids is 3. The Balaban J connectivity index is 2.41. The number of hydrogen-bond acceptors (Lipinski definition) is 5. The first kappa shape index (κ1) is 16.8. The van der Waals surface area contributed by atoms with Gasteiger partial charge in [-0.25, -0.2) is 9.59 Å². The van der Waals surface area contributed by atoms with Crippen LogP contribution in [-0.2, 0) is 14.3 Å². The minimum atomic E-state index is -0.844. The summed E-state index contributed by atoms with van der Waals surface area (Å²) in [6, 6.07) is 7.59. The first-order valence-electron chi connectivity index (χ1n) is 6.79. The van der Waals surface area contributed by atoms with Gasteiger partial charge >= 0.3 is 11.9 Å². The monoisotopic (exact) mass is 292 g/mol. The van der Waals surface area contributed by atoms with Crippen LogP contribution in [-0.4, -0.2) is 30.4 Å². The highest BCUT2D eigenvalue weighted by atomic mass is 16.6. The molecule has 2 atom stereocenters. The molecule has 1 aromatic rings. The largest absolute Gasteiger partial charge is 0.391 e. The van der Waals surface area contributed by atoms with Gasteiger partial charge in [-0.3, -0.25) is 4.79 Å². The van der Waals surface area contributed by atoms with Crippen LogP contribution in [0, 0.1) is 5.92 Å². The highest BCUT2D eigenvalue weighted by molar-refractivity contribution is 5.97. The van der Waals surface area contributed by atoms with Gasteiger partial charge in [-0.1, -0.05) is 38.5 Å². The van der Waals surface area contributed by atoms with E-state index in [1.165, 1.54) is 0 Å². The van der Waals surface area contributed by atoms with Crippen LogP contribution in [0.15, 0.2) is 30.3 Å². The molecule has 0 spiro atoms. The van der Waals surface area contributed by atoms with Gasteiger partial charge in [0, 0.05) is 5.56 Å². The van der Waals surface area contributed by atoms with Gasteiger partial charge in [0.25, 0.3) is 5.91 Å². The van der Waals surface area contributed by atoms with E-state index in [4.69, 9.17) is 5.73 Å². The van der Waals surface area contributed by atoms with E-state index < -0.39 is 23.9 Å². The molecule has 0 bridgehead atoms. The van der Waals surface area contributed by atoms with Gasteiger partial charge in [-0.2, -0.15) is 0 Å². The van der Waals surface area contributed by atoms with E-state index in [1.807, 2.05) is 6.92 Å². The van der Waals surface area contributed by atoms with Crippen molar-refractivity contribution in [3.05, 3.63) is 35.9 Å². The molecule has 0 unspecified atom stereocenters. The first-order chi connectivity index (χ1) is 9.95. The molecule has 0 aliphatic rings. The van der Waals surface area contributed by atoms with E-state index >= 15 is 0 Å². The summed E-state index contributed by atoms with van der Waals surface area (Å²) in [5, 5.41) is 2.38. The molecule has 1 amide bonds. The van der Waals surface area contributed by atoms with Crippen molar-refractivity contribution in [1.82, 2.24) is 5.32 Å². The van der Waals surface area contributed by atoms with Crippen molar-refractivity contribution >= 4 is 17.8 Å². The fraction of sp³-hybridized carbons (Fsp3) is 0.400. The normalized spacial score (nSPS) is 13.1. The minimum absolute atomic E-state index is 0.0794. The van der Waals surface area contributed by atoms with Crippen LogP contribution in [0.4, 0.5) is 0 Å². The highest BCUT2D eigenvalue weighted by Crippen LogP contribution is 2.06. The molecule has 0 aliphatic carbocycles. The van der Waals surface area contributed by atoms with Gasteiger partial charge in [0.2, 0.25) is 0 Å². The molecule has 6 heteroatoms. The fourth-order valence-corrected chi connectivity index (χ4v) is 1.55. The van der Waals surface area contributed by atoms with Crippen LogP contribution in [0.1, 0.15) is 30.6 Å². The molecule has 1 rings (SSSR count). The summed E-state index contributed by atoms with van der Waals surface area (Å²) in [4.78, 5) is 34.8. The van der Waals surface area contributed by atoms with E-state index in [1.54, 1.807) is 37.3 Å². The summed E-state index contributed by atoms with van der Waals surface area (Å²) < 4.78 is 4.60. The predicted molar refractivity (Wildman–Crippen MR) is 77.3 cm³/mol. The average Bonchev–Trinajstić information content (AvgIpc) is 2.51. The zero-order chi connectivity index (χ0) is 15.8. The second-order valence-electron chi connectivity index (χ2n) is 4.75. The van der Waals surface area contributed by atoms with Gasteiger partial charge in [0.15, 0.2) is 0 Å². The molecule has 0 fully saturated rings. The molecule has 0 radical (unpaired) electrons. The Labute approximate surface area is 123 Å². The fourth-order valence-electron chi connectivity index (χ4n) is 1.55. The van der Waals surface area contributed by atoms with Crippen LogP contribution in [0.2, 0.25) is 0 Å². The summed E-state index contributed by atoms with van der Waals surface area (Å²) in [5.74, 6) is -2.10. The molecule has 114 valence electrons. The van der Waals surface area contributed by atoms with Crippen molar-refractivity contribution in [2.75, 3.05) is 6.54 Å². The lowest BCUT2D eigenvalue weighted by molar-refractivity contribution is -0.160. The molecular formula is C15H20N2O4. The number of benzene rings is 1. The lowest BCUT2D eigenvalue weighted by atomic mass is 10.0. The predicted octanol–water partition coefficient (Wildman–Crippen LogP) is 0.860. The number of amides is 1. The maximum absolute atomic E-state index is 11.7. The Kier molecular flexibility index (Phi) is 6.55. The number of esters is 2. The summed E-state index contributed by atoms with van der Waals surface area (Å²) in [6.07, 6.45) is 0.704. The van der Waals surface area contributed by atoms with Gasteiger partial charge in [0.1, 0.15) is 12.6 Å². The number of hydrogen-bond donors (Lipinski definition) is 2. The van der Waals surface area contributed by atoms with Crippen molar-refractivity contribution in [3.8, 4) is 0 Å². The Morgan fingerprint density at radius 3 is 2.43 bits per heavy atom. The molecule has 0 heterocycles. The highest BCUT2D eigenvalue weighted by Gasteiger charge is 2.23. The molecule has 6 nitrogen and oxygen atoms in total. The Hall–Kier alpha value is -2.21. The Morgan fingerprint density at radius 1 is 1.24 bits per heavy atom. The number of rotatable bonds is 6. The van der Waals surface area contributed by atoms with E-state index in [0.29, 0.717) is 12.0 Å². The van der Waals surface area contributed by atoms with Crippen LogP contribution >= 0.6 is 0 Å². The standard InChI is InChI=1S/C15H20N2O4/c1-3-10(2)13(16)15(20)21-12(18)9-17-14(19)11-7-5-4-6-8-11/h4-8,10,13H,3,9,16H2,1-2H3,(H,17,19)/t10-,13-/m0/s1. The number of nitrogens with one attached hydrogen (secondary N) is 1. The van der Waals surface area contributed by atoms with Crippen LogP contribution in [0.3, 0.4) is 0 Å². The molecule has 0 saturated carbocycles. The van der Waals surface area contributed by atoms with Gasteiger partial charge in [-0.05, 0) is 18.1 Å². The third kappa shape index (κ3) is 5.35. The van der Waals surface area contributed by atoms with E-state index in [0.717, 1.165) is 0 Å². The second-order valence-corrected chi connectivity index (χ2v) is 4.75. The van der Waals surface area contributed by atoms with Gasteiger partial charge in [0.05, 0.1) is 0 Å².